The van der Waals surface area contributed by atoms with Gasteiger partial charge in [0.2, 0.25) is 0 Å². The first-order chi connectivity index (χ1) is 16.4. The number of Topliss-reactive ketones (excluding diaryl/α,β-unsaturated/α-hetero) is 1. The average Bonchev–Trinajstić information content (AvgIpc) is 3.37. The van der Waals surface area contributed by atoms with Crippen LogP contribution in [-0.2, 0) is 9.59 Å². The van der Waals surface area contributed by atoms with E-state index in [-0.39, 0.29) is 11.3 Å². The topological polar surface area (TPSA) is 79.7 Å². The molecule has 0 unspecified atom stereocenters. The van der Waals surface area contributed by atoms with E-state index >= 15 is 0 Å². The second kappa shape index (κ2) is 8.70. The number of carbonyl (C=O) groups excluding carboxylic acids is 2. The molecule has 6 nitrogen and oxygen atoms in total. The smallest absolute Gasteiger partial charge is 0.301 e. The van der Waals surface area contributed by atoms with Crippen LogP contribution in [0.2, 0.25) is 0 Å². The molecule has 5 rings (SSSR count). The highest BCUT2D eigenvalue weighted by Gasteiger charge is 2.48. The minimum absolute atomic E-state index is 0.0212. The number of anilines is 1. The number of amides is 1. The number of aryl methyl sites for hydroxylation is 1. The first-order valence-electron chi connectivity index (χ1n) is 10.5. The minimum Gasteiger partial charge on any atom is -0.507 e. The van der Waals surface area contributed by atoms with E-state index in [4.69, 9.17) is 4.74 Å². The Morgan fingerprint density at radius 2 is 1.76 bits per heavy atom. The number of hydrogen-bond donors (Lipinski definition) is 1. The van der Waals surface area contributed by atoms with Crippen LogP contribution in [0.1, 0.15) is 22.7 Å². The lowest BCUT2D eigenvalue weighted by molar-refractivity contribution is -0.132. The second-order valence-corrected chi connectivity index (χ2v) is 9.84. The third kappa shape index (κ3) is 3.78. The summed E-state index contributed by atoms with van der Waals surface area (Å²) in [7, 11) is 1.55. The lowest BCUT2D eigenvalue weighted by atomic mass is 9.95. The number of aromatic nitrogens is 1. The maximum absolute atomic E-state index is 13.3. The summed E-state index contributed by atoms with van der Waals surface area (Å²) in [5.74, 6) is -1.10. The molecule has 1 saturated heterocycles. The average molecular weight is 535 g/mol. The number of rotatable bonds is 4. The molecule has 1 aromatic heterocycles. The van der Waals surface area contributed by atoms with Gasteiger partial charge in [0.1, 0.15) is 11.5 Å². The van der Waals surface area contributed by atoms with Crippen molar-refractivity contribution in [3.8, 4) is 5.75 Å². The number of thiazole rings is 1. The summed E-state index contributed by atoms with van der Waals surface area (Å²) in [6.45, 7) is 1.99. The Hall–Kier alpha value is -3.49. The van der Waals surface area contributed by atoms with Crippen LogP contribution in [0.5, 0.6) is 5.75 Å². The fourth-order valence-electron chi connectivity index (χ4n) is 4.02. The number of methoxy groups -OCH3 is 1. The Balaban J connectivity index is 1.71. The molecule has 4 aromatic rings. The number of ether oxygens (including phenoxy) is 1. The van der Waals surface area contributed by atoms with Gasteiger partial charge >= 0.3 is 5.91 Å². The lowest BCUT2D eigenvalue weighted by Crippen LogP contribution is -2.29. The highest BCUT2D eigenvalue weighted by Crippen LogP contribution is 2.44. The molecule has 3 aromatic carbocycles. The Morgan fingerprint density at radius 1 is 1.06 bits per heavy atom. The van der Waals surface area contributed by atoms with Gasteiger partial charge in [-0.05, 0) is 66.6 Å². The summed E-state index contributed by atoms with van der Waals surface area (Å²) in [6.07, 6.45) is 0. The monoisotopic (exact) mass is 534 g/mol. The van der Waals surface area contributed by atoms with Crippen molar-refractivity contribution < 1.29 is 19.4 Å². The third-order valence-corrected chi connectivity index (χ3v) is 7.28. The molecule has 1 amide bonds. The summed E-state index contributed by atoms with van der Waals surface area (Å²) < 4.78 is 6.97. The van der Waals surface area contributed by atoms with Crippen LogP contribution in [-0.4, -0.2) is 28.9 Å². The van der Waals surface area contributed by atoms with Crippen molar-refractivity contribution in [2.45, 2.75) is 13.0 Å². The predicted octanol–water partition coefficient (Wildman–Crippen LogP) is 6.00. The third-order valence-electron chi connectivity index (χ3n) is 5.73. The quantitative estimate of drug-likeness (QED) is 0.197. The summed E-state index contributed by atoms with van der Waals surface area (Å²) in [5.41, 5.74) is 2.95. The first-order valence-corrected chi connectivity index (χ1v) is 12.1. The molecule has 1 fully saturated rings. The lowest BCUT2D eigenvalue weighted by Gasteiger charge is -2.23. The van der Waals surface area contributed by atoms with E-state index in [2.05, 4.69) is 20.9 Å². The van der Waals surface area contributed by atoms with Gasteiger partial charge < -0.3 is 9.84 Å². The van der Waals surface area contributed by atoms with Crippen LogP contribution in [0.3, 0.4) is 0 Å². The molecule has 0 spiro atoms. The zero-order valence-corrected chi connectivity index (χ0v) is 20.7. The van der Waals surface area contributed by atoms with Crippen LogP contribution >= 0.6 is 27.3 Å². The van der Waals surface area contributed by atoms with Crippen molar-refractivity contribution in [3.05, 3.63) is 93.5 Å². The van der Waals surface area contributed by atoms with Gasteiger partial charge in [-0.25, -0.2) is 4.98 Å². The van der Waals surface area contributed by atoms with Crippen LogP contribution in [0.4, 0.5) is 5.13 Å². The Labute approximate surface area is 208 Å². The molecule has 170 valence electrons. The summed E-state index contributed by atoms with van der Waals surface area (Å²) in [4.78, 5) is 32.6. The molecule has 1 atom stereocenters. The largest absolute Gasteiger partial charge is 0.507 e. The minimum atomic E-state index is -0.822. The van der Waals surface area contributed by atoms with Gasteiger partial charge in [0, 0.05) is 10.0 Å². The molecule has 8 heteroatoms. The van der Waals surface area contributed by atoms with E-state index in [1.54, 1.807) is 31.4 Å². The fourth-order valence-corrected chi connectivity index (χ4v) is 5.37. The van der Waals surface area contributed by atoms with Crippen LogP contribution in [0.25, 0.3) is 16.0 Å². The Bertz CT molecular complexity index is 1460. The zero-order valence-electron chi connectivity index (χ0n) is 18.3. The van der Waals surface area contributed by atoms with Crippen molar-refractivity contribution >= 4 is 60.1 Å². The molecule has 0 radical (unpaired) electrons. The van der Waals surface area contributed by atoms with Crippen molar-refractivity contribution in [1.82, 2.24) is 4.98 Å². The van der Waals surface area contributed by atoms with E-state index in [1.165, 1.54) is 16.2 Å². The van der Waals surface area contributed by atoms with Gasteiger partial charge in [0.05, 0.1) is 28.9 Å². The molecule has 0 aliphatic carbocycles. The maximum Gasteiger partial charge on any atom is 0.301 e. The molecular formula is C26H19BrN2O4S. The van der Waals surface area contributed by atoms with Gasteiger partial charge in [-0.1, -0.05) is 45.5 Å². The van der Waals surface area contributed by atoms with E-state index < -0.39 is 17.7 Å². The van der Waals surface area contributed by atoms with E-state index in [9.17, 15) is 14.7 Å². The Morgan fingerprint density at radius 3 is 2.44 bits per heavy atom. The van der Waals surface area contributed by atoms with E-state index in [0.717, 1.165) is 20.3 Å². The van der Waals surface area contributed by atoms with Gasteiger partial charge in [-0.15, -0.1) is 0 Å². The van der Waals surface area contributed by atoms with Gasteiger partial charge in [0.15, 0.2) is 5.13 Å². The molecule has 2 heterocycles. The highest BCUT2D eigenvalue weighted by molar-refractivity contribution is 9.10. The summed E-state index contributed by atoms with van der Waals surface area (Å²) >= 11 is 4.77. The van der Waals surface area contributed by atoms with E-state index in [0.29, 0.717) is 22.0 Å². The van der Waals surface area contributed by atoms with Crippen molar-refractivity contribution in [2.24, 2.45) is 0 Å². The van der Waals surface area contributed by atoms with Crippen LogP contribution < -0.4 is 9.64 Å². The van der Waals surface area contributed by atoms with Crippen molar-refractivity contribution in [2.75, 3.05) is 12.0 Å². The van der Waals surface area contributed by atoms with Gasteiger partial charge in [0.25, 0.3) is 5.78 Å². The number of ketones is 1. The van der Waals surface area contributed by atoms with Crippen molar-refractivity contribution in [3.63, 3.8) is 0 Å². The number of aliphatic hydroxyl groups is 1. The zero-order chi connectivity index (χ0) is 24.0. The number of aliphatic hydroxyl groups excluding tert-OH is 1. The molecular weight excluding hydrogens is 516 g/mol. The van der Waals surface area contributed by atoms with Crippen LogP contribution in [0.15, 0.2) is 76.8 Å². The number of fused-ring (bicyclic) bond motifs is 1. The van der Waals surface area contributed by atoms with Crippen LogP contribution in [0, 0.1) is 6.92 Å². The maximum atomic E-state index is 13.3. The summed E-state index contributed by atoms with van der Waals surface area (Å²) in [6, 6.07) is 19.0. The molecule has 34 heavy (non-hydrogen) atoms. The second-order valence-electron chi connectivity index (χ2n) is 7.92. The van der Waals surface area contributed by atoms with E-state index in [1.807, 2.05) is 49.4 Å². The fraction of sp³-hybridized carbons (Fsp3) is 0.115. The van der Waals surface area contributed by atoms with Gasteiger partial charge in [-0.3, -0.25) is 14.5 Å². The predicted molar refractivity (Wildman–Crippen MR) is 136 cm³/mol. The number of carbonyl (C=O) groups is 2. The standard InChI is InChI=1S/C26H19BrN2O4S/c1-14-3-12-19-20(13-14)34-26(28-19)29-22(15-4-8-17(27)9-5-15)21(24(31)25(29)32)23(30)16-6-10-18(33-2)11-7-16/h3-13,22,30H,1-2H3/b23-21+/t22-/m0/s1. The number of nitrogens with zero attached hydrogens (tertiary/aromatic N) is 2. The number of benzene rings is 3. The molecule has 1 aliphatic heterocycles. The van der Waals surface area contributed by atoms with Crippen molar-refractivity contribution in [1.29, 1.82) is 0 Å². The molecule has 1 N–H and O–H groups in total. The number of hydrogen-bond acceptors (Lipinski definition) is 6. The first kappa shape index (κ1) is 22.3. The SMILES string of the molecule is COc1ccc(/C(O)=C2\C(=O)C(=O)N(c3nc4ccc(C)cc4s3)[C@H]2c2ccc(Br)cc2)cc1. The number of halogens is 1. The van der Waals surface area contributed by atoms with Gasteiger partial charge in [-0.2, -0.15) is 0 Å². The molecule has 1 aliphatic rings. The normalized spacial score (nSPS) is 17.5. The highest BCUT2D eigenvalue weighted by atomic mass is 79.9. The molecule has 0 bridgehead atoms. The molecule has 0 saturated carbocycles. The summed E-state index contributed by atoms with van der Waals surface area (Å²) in [5, 5.41) is 11.6. The Kier molecular flexibility index (Phi) is 5.71.